The quantitative estimate of drug-likeness (QED) is 0.879. The van der Waals surface area contributed by atoms with Crippen LogP contribution in [0.1, 0.15) is 33.9 Å². The largest absolute Gasteiger partial charge is 0.550 e. The van der Waals surface area contributed by atoms with Crippen LogP contribution < -0.4 is 15.2 Å². The summed E-state index contributed by atoms with van der Waals surface area (Å²) >= 11 is 0. The highest BCUT2D eigenvalue weighted by molar-refractivity contribution is 5.94. The molecule has 5 heteroatoms. The molecule has 0 heterocycles. The van der Waals surface area contributed by atoms with Gasteiger partial charge in [0.1, 0.15) is 5.75 Å². The van der Waals surface area contributed by atoms with Crippen molar-refractivity contribution < 1.29 is 19.4 Å². The molecule has 0 bridgehead atoms. The number of amides is 1. The van der Waals surface area contributed by atoms with Crippen molar-refractivity contribution >= 4 is 11.9 Å². The predicted octanol–water partition coefficient (Wildman–Crippen LogP) is 1.61. The Balaban J connectivity index is 2.18. The third kappa shape index (κ3) is 4.57. The first-order valence-corrected chi connectivity index (χ1v) is 7.21. The molecule has 0 aromatic heterocycles. The number of hydrogen-bond donors (Lipinski definition) is 1. The Labute approximate surface area is 134 Å². The van der Waals surface area contributed by atoms with Gasteiger partial charge in [-0.1, -0.05) is 29.8 Å². The summed E-state index contributed by atoms with van der Waals surface area (Å²) in [6.45, 7) is 1.93. The minimum absolute atomic E-state index is 0.302. The number of carbonyl (C=O) groups excluding carboxylic acids is 2. The first kappa shape index (κ1) is 16.5. The molecule has 0 radical (unpaired) electrons. The first-order chi connectivity index (χ1) is 11.0. The van der Waals surface area contributed by atoms with E-state index in [0.29, 0.717) is 16.9 Å². The van der Waals surface area contributed by atoms with Gasteiger partial charge in [-0.2, -0.15) is 0 Å². The minimum atomic E-state index is -1.23. The number of carboxylic acids is 1. The third-order valence-electron chi connectivity index (χ3n) is 3.51. The molecule has 1 amide bonds. The lowest BCUT2D eigenvalue weighted by Gasteiger charge is -2.20. The van der Waals surface area contributed by atoms with E-state index in [0.717, 1.165) is 5.56 Å². The third-order valence-corrected chi connectivity index (χ3v) is 3.51. The molecule has 23 heavy (non-hydrogen) atoms. The summed E-state index contributed by atoms with van der Waals surface area (Å²) < 4.78 is 5.08. The van der Waals surface area contributed by atoms with E-state index >= 15 is 0 Å². The Bertz CT molecular complexity index is 677. The van der Waals surface area contributed by atoms with E-state index in [-0.39, 0.29) is 12.3 Å². The van der Waals surface area contributed by atoms with Crippen LogP contribution in [0.25, 0.3) is 0 Å². The van der Waals surface area contributed by atoms with Gasteiger partial charge in [0.15, 0.2) is 0 Å². The van der Waals surface area contributed by atoms with Gasteiger partial charge in [0.25, 0.3) is 5.91 Å². The maximum atomic E-state index is 12.3. The van der Waals surface area contributed by atoms with E-state index in [9.17, 15) is 14.7 Å². The van der Waals surface area contributed by atoms with E-state index in [1.54, 1.807) is 43.5 Å². The van der Waals surface area contributed by atoms with Crippen LogP contribution in [-0.2, 0) is 4.79 Å². The van der Waals surface area contributed by atoms with Gasteiger partial charge < -0.3 is 20.0 Å². The van der Waals surface area contributed by atoms with Crippen LogP contribution >= 0.6 is 0 Å². The number of carbonyl (C=O) groups is 2. The van der Waals surface area contributed by atoms with E-state index in [4.69, 9.17) is 4.74 Å². The number of hydrogen-bond acceptors (Lipinski definition) is 4. The number of methoxy groups -OCH3 is 1. The van der Waals surface area contributed by atoms with Crippen LogP contribution in [0.2, 0.25) is 0 Å². The van der Waals surface area contributed by atoms with E-state index in [1.807, 2.05) is 19.1 Å². The van der Waals surface area contributed by atoms with Gasteiger partial charge in [-0.3, -0.25) is 4.79 Å². The highest BCUT2D eigenvalue weighted by Crippen LogP contribution is 2.20. The number of aliphatic carboxylic acids is 1. The smallest absolute Gasteiger partial charge is 0.251 e. The second-order valence-electron chi connectivity index (χ2n) is 5.24. The van der Waals surface area contributed by atoms with Crippen molar-refractivity contribution in [2.45, 2.75) is 19.4 Å². The van der Waals surface area contributed by atoms with Crippen molar-refractivity contribution in [2.24, 2.45) is 0 Å². The monoisotopic (exact) mass is 312 g/mol. The molecule has 1 atom stereocenters. The standard InChI is InChI=1S/C18H19NO4/c1-12-3-5-14(6-4-12)18(22)19-16(11-17(20)21)13-7-9-15(23-2)10-8-13/h3-10,16H,11H2,1-2H3,(H,19,22)(H,20,21)/p-1/t16-/m1/s1. The summed E-state index contributed by atoms with van der Waals surface area (Å²) in [6.07, 6.45) is -0.302. The molecular weight excluding hydrogens is 294 g/mol. The predicted molar refractivity (Wildman–Crippen MR) is 84.0 cm³/mol. The lowest BCUT2D eigenvalue weighted by atomic mass is 10.0. The summed E-state index contributed by atoms with van der Waals surface area (Å²) in [5, 5.41) is 13.7. The average molecular weight is 312 g/mol. The minimum Gasteiger partial charge on any atom is -0.550 e. The Morgan fingerprint density at radius 3 is 2.22 bits per heavy atom. The molecule has 0 spiro atoms. The number of aryl methyl sites for hydroxylation is 1. The lowest BCUT2D eigenvalue weighted by molar-refractivity contribution is -0.306. The highest BCUT2D eigenvalue weighted by atomic mass is 16.5. The second-order valence-corrected chi connectivity index (χ2v) is 5.24. The molecule has 0 fully saturated rings. The number of rotatable bonds is 6. The molecule has 5 nitrogen and oxygen atoms in total. The van der Waals surface area contributed by atoms with Crippen LogP contribution in [-0.4, -0.2) is 19.0 Å². The number of ether oxygens (including phenoxy) is 1. The van der Waals surface area contributed by atoms with Gasteiger partial charge in [-0.25, -0.2) is 0 Å². The van der Waals surface area contributed by atoms with Crippen molar-refractivity contribution in [3.05, 3.63) is 65.2 Å². The highest BCUT2D eigenvalue weighted by Gasteiger charge is 2.16. The maximum Gasteiger partial charge on any atom is 0.251 e. The molecule has 2 aromatic rings. The van der Waals surface area contributed by atoms with Gasteiger partial charge >= 0.3 is 0 Å². The topological polar surface area (TPSA) is 78.5 Å². The zero-order chi connectivity index (χ0) is 16.8. The summed E-state index contributed by atoms with van der Waals surface area (Å²) in [7, 11) is 1.55. The lowest BCUT2D eigenvalue weighted by Crippen LogP contribution is -2.34. The molecule has 2 rings (SSSR count). The van der Waals surface area contributed by atoms with E-state index in [1.165, 1.54) is 0 Å². The Morgan fingerprint density at radius 2 is 1.70 bits per heavy atom. The van der Waals surface area contributed by atoms with Crippen molar-refractivity contribution in [3.63, 3.8) is 0 Å². The summed E-state index contributed by atoms with van der Waals surface area (Å²) in [6, 6.07) is 13.3. The zero-order valence-corrected chi connectivity index (χ0v) is 13.0. The zero-order valence-electron chi connectivity index (χ0n) is 13.0. The molecule has 0 aliphatic carbocycles. The van der Waals surface area contributed by atoms with Crippen LogP contribution in [0, 0.1) is 6.92 Å². The van der Waals surface area contributed by atoms with Crippen molar-refractivity contribution in [2.75, 3.05) is 7.11 Å². The fourth-order valence-electron chi connectivity index (χ4n) is 2.20. The van der Waals surface area contributed by atoms with Gasteiger partial charge in [0, 0.05) is 18.0 Å². The molecule has 2 aromatic carbocycles. The molecule has 1 N–H and O–H groups in total. The average Bonchev–Trinajstić information content (AvgIpc) is 2.54. The van der Waals surface area contributed by atoms with Crippen LogP contribution in [0.15, 0.2) is 48.5 Å². The second kappa shape index (κ2) is 7.45. The first-order valence-electron chi connectivity index (χ1n) is 7.21. The summed E-state index contributed by atoms with van der Waals surface area (Å²) in [5.41, 5.74) is 2.20. The van der Waals surface area contributed by atoms with Gasteiger partial charge in [-0.05, 0) is 36.8 Å². The van der Waals surface area contributed by atoms with E-state index in [2.05, 4.69) is 5.32 Å². The number of benzene rings is 2. The van der Waals surface area contributed by atoms with Crippen molar-refractivity contribution in [3.8, 4) is 5.75 Å². The molecular formula is C18H18NO4-. The molecule has 0 unspecified atom stereocenters. The number of carboxylic acid groups (broad SMARTS) is 1. The number of nitrogens with one attached hydrogen (secondary N) is 1. The van der Waals surface area contributed by atoms with Gasteiger partial charge in [0.2, 0.25) is 0 Å². The van der Waals surface area contributed by atoms with E-state index < -0.39 is 12.0 Å². The summed E-state index contributed by atoms with van der Waals surface area (Å²) in [5.74, 6) is -0.895. The van der Waals surface area contributed by atoms with Crippen LogP contribution in [0.4, 0.5) is 0 Å². The maximum absolute atomic E-state index is 12.3. The van der Waals surface area contributed by atoms with Crippen LogP contribution in [0.5, 0.6) is 5.75 Å². The van der Waals surface area contributed by atoms with Gasteiger partial charge in [0.05, 0.1) is 13.2 Å². The SMILES string of the molecule is COc1ccc([C@@H](CC(=O)[O-])NC(=O)c2ccc(C)cc2)cc1. The van der Waals surface area contributed by atoms with Crippen molar-refractivity contribution in [1.82, 2.24) is 5.32 Å². The normalized spacial score (nSPS) is 11.6. The molecule has 120 valence electrons. The molecule has 0 aliphatic rings. The fourth-order valence-corrected chi connectivity index (χ4v) is 2.20. The Hall–Kier alpha value is -2.82. The van der Waals surface area contributed by atoms with Crippen molar-refractivity contribution in [1.29, 1.82) is 0 Å². The molecule has 0 saturated carbocycles. The molecule has 0 aliphatic heterocycles. The van der Waals surface area contributed by atoms with Gasteiger partial charge in [-0.15, -0.1) is 0 Å². The fraction of sp³-hybridized carbons (Fsp3) is 0.222. The Morgan fingerprint density at radius 1 is 1.09 bits per heavy atom. The van der Waals surface area contributed by atoms with Crippen LogP contribution in [0.3, 0.4) is 0 Å². The Kier molecular flexibility index (Phi) is 5.36. The summed E-state index contributed by atoms with van der Waals surface area (Å²) in [4.78, 5) is 23.3. The molecule has 0 saturated heterocycles.